The fourth-order valence-corrected chi connectivity index (χ4v) is 1.61. The molecule has 0 fully saturated rings. The molecule has 1 heterocycles. The van der Waals surface area contributed by atoms with E-state index in [1.165, 1.54) is 0 Å². The molecule has 1 aromatic rings. The number of rotatable bonds is 11. The highest BCUT2D eigenvalue weighted by Crippen LogP contribution is 2.12. The molecule has 0 spiro atoms. The highest BCUT2D eigenvalue weighted by molar-refractivity contribution is 5.35. The first-order chi connectivity index (χ1) is 10.2. The summed E-state index contributed by atoms with van der Waals surface area (Å²) in [6.45, 7) is 7.99. The van der Waals surface area contributed by atoms with E-state index >= 15 is 0 Å². The number of hydrogen-bond acceptors (Lipinski definition) is 7. The molecule has 0 aromatic carbocycles. The van der Waals surface area contributed by atoms with Crippen LogP contribution < -0.4 is 15.4 Å². The Morgan fingerprint density at radius 2 is 1.71 bits per heavy atom. The third kappa shape index (κ3) is 7.65. The predicted octanol–water partition coefficient (Wildman–Crippen LogP) is 2.06. The van der Waals surface area contributed by atoms with Gasteiger partial charge in [-0.25, -0.2) is 0 Å². The van der Waals surface area contributed by atoms with Crippen molar-refractivity contribution in [3.05, 3.63) is 0 Å². The smallest absolute Gasteiger partial charge is 0.323 e. The van der Waals surface area contributed by atoms with Crippen LogP contribution in [-0.4, -0.2) is 45.9 Å². The van der Waals surface area contributed by atoms with Crippen molar-refractivity contribution in [3.8, 4) is 6.01 Å². The van der Waals surface area contributed by atoms with Gasteiger partial charge in [-0.1, -0.05) is 13.8 Å². The fraction of sp³-hybridized carbons (Fsp3) is 0.786. The third-order valence-electron chi connectivity index (χ3n) is 2.67. The number of hydrogen-bond donors (Lipinski definition) is 3. The van der Waals surface area contributed by atoms with E-state index < -0.39 is 0 Å². The lowest BCUT2D eigenvalue weighted by Crippen LogP contribution is -2.13. The van der Waals surface area contributed by atoms with Crippen LogP contribution in [0.25, 0.3) is 0 Å². The van der Waals surface area contributed by atoms with E-state index in [9.17, 15) is 5.11 Å². The summed E-state index contributed by atoms with van der Waals surface area (Å²) < 4.78 is 5.48. The minimum Gasteiger partial charge on any atom is -0.463 e. The molecular weight excluding hydrogens is 270 g/mol. The van der Waals surface area contributed by atoms with Crippen LogP contribution >= 0.6 is 0 Å². The lowest BCUT2D eigenvalue weighted by molar-refractivity contribution is 0.183. The van der Waals surface area contributed by atoms with Crippen molar-refractivity contribution in [2.75, 3.05) is 30.3 Å². The molecule has 0 amide bonds. The molecule has 0 saturated heterocycles. The summed E-state index contributed by atoms with van der Waals surface area (Å²) >= 11 is 0. The van der Waals surface area contributed by atoms with Gasteiger partial charge in [-0.15, -0.1) is 0 Å². The Morgan fingerprint density at radius 1 is 1.05 bits per heavy atom. The van der Waals surface area contributed by atoms with Gasteiger partial charge in [0.2, 0.25) is 11.9 Å². The maximum absolute atomic E-state index is 9.23. The highest BCUT2D eigenvalue weighted by Gasteiger charge is 2.07. The lowest BCUT2D eigenvalue weighted by Gasteiger charge is -2.10. The summed E-state index contributed by atoms with van der Waals surface area (Å²) in [4.78, 5) is 12.8. The van der Waals surface area contributed by atoms with Crippen molar-refractivity contribution >= 4 is 11.9 Å². The molecule has 120 valence electrons. The molecule has 1 rings (SSSR count). The first-order valence-corrected chi connectivity index (χ1v) is 7.70. The SMILES string of the molecule is CCCNc1nc(NCCCC(C)O)nc(OCCC)n1. The monoisotopic (exact) mass is 297 g/mol. The standard InChI is InChI=1S/C14H27N5O2/c1-4-8-15-12-17-13(16-9-6-7-11(3)20)19-14(18-12)21-10-5-2/h11,20H,4-10H2,1-3H3,(H2,15,16,17,18,19). The molecule has 3 N–H and O–H groups in total. The topological polar surface area (TPSA) is 92.2 Å². The minimum atomic E-state index is -0.282. The molecular formula is C14H27N5O2. The Bertz CT molecular complexity index is 375. The van der Waals surface area contributed by atoms with Crippen molar-refractivity contribution in [2.45, 2.75) is 52.6 Å². The molecule has 1 unspecified atom stereocenters. The van der Waals surface area contributed by atoms with Gasteiger partial charge in [-0.2, -0.15) is 15.0 Å². The van der Waals surface area contributed by atoms with Crippen molar-refractivity contribution < 1.29 is 9.84 Å². The van der Waals surface area contributed by atoms with Crippen molar-refractivity contribution in [3.63, 3.8) is 0 Å². The van der Waals surface area contributed by atoms with Crippen molar-refractivity contribution in [2.24, 2.45) is 0 Å². The summed E-state index contributed by atoms with van der Waals surface area (Å²) in [5.74, 6) is 1.02. The van der Waals surface area contributed by atoms with Gasteiger partial charge in [0, 0.05) is 13.1 Å². The van der Waals surface area contributed by atoms with Gasteiger partial charge >= 0.3 is 6.01 Å². The lowest BCUT2D eigenvalue weighted by atomic mass is 10.2. The van der Waals surface area contributed by atoms with Gasteiger partial charge < -0.3 is 20.5 Å². The molecule has 7 heteroatoms. The number of aliphatic hydroxyl groups excluding tert-OH is 1. The third-order valence-corrected chi connectivity index (χ3v) is 2.67. The molecule has 1 aromatic heterocycles. The van der Waals surface area contributed by atoms with E-state index in [0.717, 1.165) is 32.2 Å². The van der Waals surface area contributed by atoms with Crippen LogP contribution in [0.3, 0.4) is 0 Å². The molecule has 7 nitrogen and oxygen atoms in total. The fourth-order valence-electron chi connectivity index (χ4n) is 1.61. The van der Waals surface area contributed by atoms with E-state index in [-0.39, 0.29) is 6.10 Å². The second-order valence-corrected chi connectivity index (χ2v) is 4.96. The Balaban J connectivity index is 2.61. The van der Waals surface area contributed by atoms with Crippen LogP contribution in [0.15, 0.2) is 0 Å². The zero-order valence-corrected chi connectivity index (χ0v) is 13.2. The van der Waals surface area contributed by atoms with Crippen molar-refractivity contribution in [1.82, 2.24) is 15.0 Å². The number of nitrogens with zero attached hydrogens (tertiary/aromatic N) is 3. The Morgan fingerprint density at radius 3 is 2.29 bits per heavy atom. The molecule has 0 aliphatic carbocycles. The second kappa shape index (κ2) is 10.1. The Hall–Kier alpha value is -1.63. The summed E-state index contributed by atoms with van der Waals surface area (Å²) in [6, 6.07) is 0.337. The Kier molecular flexibility index (Phi) is 8.42. The average molecular weight is 297 g/mol. The van der Waals surface area contributed by atoms with Crippen LogP contribution in [-0.2, 0) is 0 Å². The van der Waals surface area contributed by atoms with E-state index in [2.05, 4.69) is 32.5 Å². The zero-order chi connectivity index (χ0) is 15.5. The van der Waals surface area contributed by atoms with Crippen molar-refractivity contribution in [1.29, 1.82) is 0 Å². The predicted molar refractivity (Wildman–Crippen MR) is 83.8 cm³/mol. The van der Waals surface area contributed by atoms with Crippen LogP contribution in [0.1, 0.15) is 46.5 Å². The average Bonchev–Trinajstić information content (AvgIpc) is 2.47. The zero-order valence-electron chi connectivity index (χ0n) is 13.2. The first-order valence-electron chi connectivity index (χ1n) is 7.70. The van der Waals surface area contributed by atoms with Gasteiger partial charge in [0.15, 0.2) is 0 Å². The number of nitrogens with one attached hydrogen (secondary N) is 2. The summed E-state index contributed by atoms with van der Waals surface area (Å²) in [6.07, 6.45) is 3.22. The van der Waals surface area contributed by atoms with Crippen LogP contribution in [0.5, 0.6) is 6.01 Å². The summed E-state index contributed by atoms with van der Waals surface area (Å²) in [5.41, 5.74) is 0. The first kappa shape index (κ1) is 17.4. The second-order valence-electron chi connectivity index (χ2n) is 4.96. The van der Waals surface area contributed by atoms with E-state index in [4.69, 9.17) is 4.74 Å². The molecule has 0 aliphatic heterocycles. The quantitative estimate of drug-likeness (QED) is 0.538. The largest absolute Gasteiger partial charge is 0.463 e. The van der Waals surface area contributed by atoms with Crippen LogP contribution in [0.2, 0.25) is 0 Å². The van der Waals surface area contributed by atoms with E-state index in [0.29, 0.717) is 31.1 Å². The highest BCUT2D eigenvalue weighted by atomic mass is 16.5. The molecule has 0 aliphatic rings. The van der Waals surface area contributed by atoms with Gasteiger partial charge in [0.1, 0.15) is 0 Å². The molecule has 0 bridgehead atoms. The number of aliphatic hydroxyl groups is 1. The van der Waals surface area contributed by atoms with E-state index in [1.807, 2.05) is 6.92 Å². The van der Waals surface area contributed by atoms with Gasteiger partial charge in [0.25, 0.3) is 0 Å². The van der Waals surface area contributed by atoms with Gasteiger partial charge in [-0.05, 0) is 32.6 Å². The minimum absolute atomic E-state index is 0.282. The van der Waals surface area contributed by atoms with Gasteiger partial charge in [0.05, 0.1) is 12.7 Å². The summed E-state index contributed by atoms with van der Waals surface area (Å²) in [5, 5.41) is 15.5. The number of anilines is 2. The maximum atomic E-state index is 9.23. The Labute approximate surface area is 126 Å². The molecule has 1 atom stereocenters. The normalized spacial score (nSPS) is 12.0. The maximum Gasteiger partial charge on any atom is 0.323 e. The number of ether oxygens (including phenoxy) is 1. The molecule has 21 heavy (non-hydrogen) atoms. The molecule has 0 radical (unpaired) electrons. The van der Waals surface area contributed by atoms with E-state index in [1.54, 1.807) is 6.92 Å². The number of aromatic nitrogens is 3. The van der Waals surface area contributed by atoms with Gasteiger partial charge in [-0.3, -0.25) is 0 Å². The summed E-state index contributed by atoms with van der Waals surface area (Å²) in [7, 11) is 0. The molecule has 0 saturated carbocycles. The van der Waals surface area contributed by atoms with Crippen LogP contribution in [0.4, 0.5) is 11.9 Å². The van der Waals surface area contributed by atoms with Crippen LogP contribution in [0, 0.1) is 0 Å².